The Balaban J connectivity index is 1.85. The molecular formula is C21H25BFNO3. The van der Waals surface area contributed by atoms with Crippen molar-refractivity contribution in [3.05, 3.63) is 65.5 Å². The number of amides is 1. The zero-order valence-corrected chi connectivity index (χ0v) is 15.8. The van der Waals surface area contributed by atoms with E-state index in [0.29, 0.717) is 24.9 Å². The van der Waals surface area contributed by atoms with Gasteiger partial charge in [-0.3, -0.25) is 0 Å². The largest absolute Gasteiger partial charge is 0.438 e. The highest BCUT2D eigenvalue weighted by Crippen LogP contribution is 2.40. The average molecular weight is 369 g/mol. The number of cyclic esters (lactones) is 1. The van der Waals surface area contributed by atoms with Crippen LogP contribution in [0.2, 0.25) is 0 Å². The van der Waals surface area contributed by atoms with Gasteiger partial charge in [-0.15, -0.1) is 0 Å². The normalized spacial score (nSPS) is 21.0. The molecule has 0 unspecified atom stereocenters. The molecule has 2 atom stereocenters. The van der Waals surface area contributed by atoms with Crippen LogP contribution in [0.3, 0.4) is 0 Å². The molecule has 1 fully saturated rings. The smallest absolute Gasteiger partial charge is 0.411 e. The van der Waals surface area contributed by atoms with Crippen LogP contribution < -0.4 is 5.46 Å². The summed E-state index contributed by atoms with van der Waals surface area (Å²) in [5.41, 5.74) is 2.06. The highest BCUT2D eigenvalue weighted by molar-refractivity contribution is 6.32. The summed E-state index contributed by atoms with van der Waals surface area (Å²) in [6.45, 7) is 2.45. The predicted molar refractivity (Wildman–Crippen MR) is 105 cm³/mol. The zero-order chi connectivity index (χ0) is 19.4. The number of ether oxygens (including phenoxy) is 1. The topological polar surface area (TPSA) is 49.8 Å². The maximum Gasteiger partial charge on any atom is 0.411 e. The van der Waals surface area contributed by atoms with Gasteiger partial charge in [0.15, 0.2) is 0 Å². The van der Waals surface area contributed by atoms with E-state index in [0.717, 1.165) is 12.0 Å². The monoisotopic (exact) mass is 369 g/mol. The molecule has 1 N–H and O–H groups in total. The first-order chi connectivity index (χ1) is 13.0. The first-order valence-electron chi connectivity index (χ1n) is 9.42. The number of nitrogens with zero attached hydrogens (tertiary/aromatic N) is 1. The Labute approximate surface area is 160 Å². The third-order valence-electron chi connectivity index (χ3n) is 5.38. The Morgan fingerprint density at radius 3 is 2.44 bits per heavy atom. The third kappa shape index (κ3) is 4.00. The van der Waals surface area contributed by atoms with Gasteiger partial charge in [0, 0.05) is 26.0 Å². The standard InChI is InChI=1S/C21H25BFNO3/c1-2-19(15-3-7-17(22)8-4-15)24-13-11-21(12-14-25,27-20(24)26)16-5-9-18(23)10-6-16/h3-10,19,25H,2,11-14,22H2,1H3/t19-,21-/m0/s1. The van der Waals surface area contributed by atoms with Crippen LogP contribution in [-0.4, -0.2) is 37.1 Å². The van der Waals surface area contributed by atoms with Gasteiger partial charge in [-0.1, -0.05) is 48.8 Å². The Kier molecular flexibility index (Phi) is 5.85. The fourth-order valence-electron chi connectivity index (χ4n) is 3.83. The fourth-order valence-corrected chi connectivity index (χ4v) is 3.83. The summed E-state index contributed by atoms with van der Waals surface area (Å²) in [4.78, 5) is 14.7. The number of rotatable bonds is 6. The molecule has 0 saturated carbocycles. The van der Waals surface area contributed by atoms with Crippen molar-refractivity contribution in [3.63, 3.8) is 0 Å². The number of aliphatic hydroxyl groups is 1. The van der Waals surface area contributed by atoms with E-state index in [-0.39, 0.29) is 18.5 Å². The Hall–Kier alpha value is -2.34. The molecule has 3 rings (SSSR count). The van der Waals surface area contributed by atoms with Gasteiger partial charge in [0.2, 0.25) is 0 Å². The summed E-state index contributed by atoms with van der Waals surface area (Å²) in [6.07, 6.45) is 1.22. The minimum atomic E-state index is -0.915. The van der Waals surface area contributed by atoms with Gasteiger partial charge in [-0.25, -0.2) is 9.18 Å². The number of benzene rings is 2. The van der Waals surface area contributed by atoms with Gasteiger partial charge in [-0.2, -0.15) is 0 Å². The molecule has 4 nitrogen and oxygen atoms in total. The van der Waals surface area contributed by atoms with E-state index in [1.165, 1.54) is 17.6 Å². The molecule has 1 heterocycles. The maximum absolute atomic E-state index is 13.3. The van der Waals surface area contributed by atoms with E-state index >= 15 is 0 Å². The highest BCUT2D eigenvalue weighted by atomic mass is 19.1. The van der Waals surface area contributed by atoms with Gasteiger partial charge in [0.1, 0.15) is 19.3 Å². The van der Waals surface area contributed by atoms with Gasteiger partial charge in [0.25, 0.3) is 0 Å². The molecule has 0 spiro atoms. The number of carbonyl (C=O) groups excluding carboxylic acids is 1. The van der Waals surface area contributed by atoms with Gasteiger partial charge in [-0.05, 0) is 29.7 Å². The van der Waals surface area contributed by atoms with Crippen molar-refractivity contribution < 1.29 is 19.0 Å². The summed E-state index contributed by atoms with van der Waals surface area (Å²) in [7, 11) is 2.03. The number of carbonyl (C=O) groups is 1. The molecule has 0 aromatic heterocycles. The van der Waals surface area contributed by atoms with Crippen LogP contribution in [0.4, 0.5) is 9.18 Å². The van der Waals surface area contributed by atoms with E-state index in [4.69, 9.17) is 4.74 Å². The van der Waals surface area contributed by atoms with Crippen LogP contribution >= 0.6 is 0 Å². The van der Waals surface area contributed by atoms with Crippen LogP contribution in [0, 0.1) is 5.82 Å². The second-order valence-corrected chi connectivity index (χ2v) is 7.12. The number of aliphatic hydroxyl groups excluding tert-OH is 1. The Bertz CT molecular complexity index is 781. The van der Waals surface area contributed by atoms with Crippen LogP contribution in [-0.2, 0) is 10.3 Å². The van der Waals surface area contributed by atoms with Gasteiger partial charge >= 0.3 is 6.09 Å². The molecule has 0 radical (unpaired) electrons. The highest BCUT2D eigenvalue weighted by Gasteiger charge is 2.43. The lowest BCUT2D eigenvalue weighted by Crippen LogP contribution is -2.49. The van der Waals surface area contributed by atoms with Crippen LogP contribution in [0.25, 0.3) is 0 Å². The number of hydrogen-bond acceptors (Lipinski definition) is 3. The predicted octanol–water partition coefficient (Wildman–Crippen LogP) is 2.66. The molecular weight excluding hydrogens is 344 g/mol. The summed E-state index contributed by atoms with van der Waals surface area (Å²) in [5, 5.41) is 9.53. The van der Waals surface area contributed by atoms with E-state index < -0.39 is 11.7 Å². The summed E-state index contributed by atoms with van der Waals surface area (Å²) in [5.74, 6) is -0.341. The number of halogens is 1. The SMILES string of the molecule is Bc1ccc([C@H](CC)N2CC[C@](CCO)(c3ccc(F)cc3)OC2=O)cc1. The number of hydrogen-bond donors (Lipinski definition) is 1. The van der Waals surface area contributed by atoms with Crippen molar-refractivity contribution in [1.29, 1.82) is 0 Å². The minimum absolute atomic E-state index is 0.0570. The summed E-state index contributed by atoms with van der Waals surface area (Å²) >= 11 is 0. The first-order valence-corrected chi connectivity index (χ1v) is 9.42. The second kappa shape index (κ2) is 8.13. The minimum Gasteiger partial charge on any atom is -0.438 e. The maximum atomic E-state index is 13.3. The van der Waals surface area contributed by atoms with Crippen LogP contribution in [0.1, 0.15) is 43.4 Å². The molecule has 1 aliphatic heterocycles. The third-order valence-corrected chi connectivity index (χ3v) is 5.38. The molecule has 27 heavy (non-hydrogen) atoms. The molecule has 0 bridgehead atoms. The Morgan fingerprint density at radius 1 is 1.22 bits per heavy atom. The quantitative estimate of drug-likeness (QED) is 0.797. The van der Waals surface area contributed by atoms with E-state index in [9.17, 15) is 14.3 Å². The van der Waals surface area contributed by atoms with E-state index in [2.05, 4.69) is 0 Å². The van der Waals surface area contributed by atoms with Crippen molar-refractivity contribution in [2.24, 2.45) is 0 Å². The first kappa shape index (κ1) is 19.4. The van der Waals surface area contributed by atoms with E-state index in [1.807, 2.05) is 39.0 Å². The molecule has 2 aromatic carbocycles. The lowest BCUT2D eigenvalue weighted by atomic mass is 9.85. The van der Waals surface area contributed by atoms with Gasteiger partial charge in [0.05, 0.1) is 6.04 Å². The molecule has 1 aliphatic rings. The van der Waals surface area contributed by atoms with Crippen LogP contribution in [0.5, 0.6) is 0 Å². The van der Waals surface area contributed by atoms with Crippen molar-refractivity contribution in [1.82, 2.24) is 4.90 Å². The lowest BCUT2D eigenvalue weighted by molar-refractivity contribution is -0.0734. The molecule has 0 aliphatic carbocycles. The van der Waals surface area contributed by atoms with Crippen LogP contribution in [0.15, 0.2) is 48.5 Å². The van der Waals surface area contributed by atoms with Crippen molar-refractivity contribution in [3.8, 4) is 0 Å². The summed E-state index contributed by atoms with van der Waals surface area (Å²) in [6, 6.07) is 14.1. The van der Waals surface area contributed by atoms with E-state index in [1.54, 1.807) is 17.0 Å². The van der Waals surface area contributed by atoms with Crippen molar-refractivity contribution in [2.45, 2.75) is 37.8 Å². The molecule has 1 amide bonds. The molecule has 142 valence electrons. The van der Waals surface area contributed by atoms with Gasteiger partial charge < -0.3 is 14.7 Å². The lowest BCUT2D eigenvalue weighted by Gasteiger charge is -2.44. The Morgan fingerprint density at radius 2 is 1.89 bits per heavy atom. The molecule has 1 saturated heterocycles. The zero-order valence-electron chi connectivity index (χ0n) is 15.8. The fraction of sp³-hybridized carbons (Fsp3) is 0.381. The molecule has 2 aromatic rings. The summed E-state index contributed by atoms with van der Waals surface area (Å²) < 4.78 is 19.2. The second-order valence-electron chi connectivity index (χ2n) is 7.12. The van der Waals surface area contributed by atoms with Crippen molar-refractivity contribution >= 4 is 19.4 Å². The van der Waals surface area contributed by atoms with Crippen molar-refractivity contribution in [2.75, 3.05) is 13.2 Å². The average Bonchev–Trinajstić information content (AvgIpc) is 2.66. The molecule has 6 heteroatoms.